The van der Waals surface area contributed by atoms with Crippen LogP contribution in [0.4, 0.5) is 0 Å². The highest BCUT2D eigenvalue weighted by Gasteiger charge is 2.04. The second-order valence-corrected chi connectivity index (χ2v) is 3.01. The quantitative estimate of drug-likeness (QED) is 0.684. The number of aryl methyl sites for hydroxylation is 1. The highest BCUT2D eigenvalue weighted by molar-refractivity contribution is 5.56. The van der Waals surface area contributed by atoms with E-state index in [1.807, 2.05) is 37.3 Å². The predicted molar refractivity (Wildman–Crippen MR) is 51.4 cm³/mol. The SMILES string of the molecule is Cc1ccc(-c2cnc(C#N)o2)cc1. The first kappa shape index (κ1) is 8.52. The molecular formula is C11H8N2O. The maximum atomic E-state index is 8.54. The second kappa shape index (κ2) is 3.35. The van der Waals surface area contributed by atoms with Gasteiger partial charge in [0.05, 0.1) is 6.20 Å². The van der Waals surface area contributed by atoms with Crippen molar-refractivity contribution in [2.75, 3.05) is 0 Å². The van der Waals surface area contributed by atoms with Crippen LogP contribution in [-0.4, -0.2) is 4.98 Å². The van der Waals surface area contributed by atoms with E-state index in [9.17, 15) is 0 Å². The van der Waals surface area contributed by atoms with E-state index in [0.29, 0.717) is 5.76 Å². The van der Waals surface area contributed by atoms with Gasteiger partial charge in [-0.1, -0.05) is 29.8 Å². The Hall–Kier alpha value is -2.08. The van der Waals surface area contributed by atoms with E-state index in [2.05, 4.69) is 4.98 Å². The van der Waals surface area contributed by atoms with Crippen LogP contribution in [0.3, 0.4) is 0 Å². The molecule has 2 aromatic rings. The molecular weight excluding hydrogens is 176 g/mol. The Morgan fingerprint density at radius 3 is 2.57 bits per heavy atom. The lowest BCUT2D eigenvalue weighted by Crippen LogP contribution is -1.74. The number of aromatic nitrogens is 1. The molecule has 2 rings (SSSR count). The number of hydrogen-bond donors (Lipinski definition) is 0. The fourth-order valence-corrected chi connectivity index (χ4v) is 1.18. The molecule has 0 unspecified atom stereocenters. The molecule has 1 aromatic heterocycles. The van der Waals surface area contributed by atoms with Gasteiger partial charge in [-0.2, -0.15) is 5.26 Å². The van der Waals surface area contributed by atoms with Crippen LogP contribution in [0.2, 0.25) is 0 Å². The summed E-state index contributed by atoms with van der Waals surface area (Å²) >= 11 is 0. The van der Waals surface area contributed by atoms with Crippen LogP contribution in [0.1, 0.15) is 11.5 Å². The van der Waals surface area contributed by atoms with Crippen molar-refractivity contribution in [3.05, 3.63) is 41.9 Å². The van der Waals surface area contributed by atoms with Gasteiger partial charge in [0.25, 0.3) is 0 Å². The summed E-state index contributed by atoms with van der Waals surface area (Å²) < 4.78 is 5.19. The zero-order chi connectivity index (χ0) is 9.97. The molecule has 0 spiro atoms. The summed E-state index contributed by atoms with van der Waals surface area (Å²) in [7, 11) is 0. The Balaban J connectivity index is 2.40. The molecule has 0 saturated heterocycles. The van der Waals surface area contributed by atoms with Gasteiger partial charge in [-0.15, -0.1) is 0 Å². The zero-order valence-corrected chi connectivity index (χ0v) is 7.69. The van der Waals surface area contributed by atoms with Crippen LogP contribution in [-0.2, 0) is 0 Å². The summed E-state index contributed by atoms with van der Waals surface area (Å²) in [6, 6.07) is 9.71. The predicted octanol–water partition coefficient (Wildman–Crippen LogP) is 2.52. The van der Waals surface area contributed by atoms with Crippen molar-refractivity contribution >= 4 is 0 Å². The molecule has 3 nitrogen and oxygen atoms in total. The van der Waals surface area contributed by atoms with Gasteiger partial charge in [0.1, 0.15) is 0 Å². The molecule has 0 bridgehead atoms. The first-order valence-corrected chi connectivity index (χ1v) is 4.22. The summed E-state index contributed by atoms with van der Waals surface area (Å²) in [6.07, 6.45) is 1.56. The highest BCUT2D eigenvalue weighted by atomic mass is 16.4. The summed E-state index contributed by atoms with van der Waals surface area (Å²) in [5, 5.41) is 8.54. The Morgan fingerprint density at radius 1 is 1.29 bits per heavy atom. The van der Waals surface area contributed by atoms with Crippen LogP contribution in [0.15, 0.2) is 34.9 Å². The van der Waals surface area contributed by atoms with Crippen LogP contribution >= 0.6 is 0 Å². The monoisotopic (exact) mass is 184 g/mol. The molecule has 0 aliphatic heterocycles. The third kappa shape index (κ3) is 1.50. The maximum absolute atomic E-state index is 8.54. The number of oxazole rings is 1. The van der Waals surface area contributed by atoms with Crippen LogP contribution in [0.25, 0.3) is 11.3 Å². The number of rotatable bonds is 1. The summed E-state index contributed by atoms with van der Waals surface area (Å²) in [5.74, 6) is 0.724. The molecule has 0 N–H and O–H groups in total. The van der Waals surface area contributed by atoms with Crippen LogP contribution in [0, 0.1) is 18.3 Å². The molecule has 0 aliphatic carbocycles. The Labute approximate surface area is 81.6 Å². The molecule has 0 atom stereocenters. The fraction of sp³-hybridized carbons (Fsp3) is 0.0909. The minimum absolute atomic E-state index is 0.0978. The Bertz CT molecular complexity index is 477. The zero-order valence-electron chi connectivity index (χ0n) is 7.69. The molecule has 0 amide bonds. The summed E-state index contributed by atoms with van der Waals surface area (Å²) in [4.78, 5) is 3.81. The van der Waals surface area contributed by atoms with Gasteiger partial charge < -0.3 is 4.42 Å². The molecule has 0 saturated carbocycles. The number of hydrogen-bond acceptors (Lipinski definition) is 3. The van der Waals surface area contributed by atoms with E-state index in [0.717, 1.165) is 5.56 Å². The van der Waals surface area contributed by atoms with Gasteiger partial charge >= 0.3 is 5.89 Å². The minimum atomic E-state index is 0.0978. The fourth-order valence-electron chi connectivity index (χ4n) is 1.18. The molecule has 14 heavy (non-hydrogen) atoms. The number of benzene rings is 1. The summed E-state index contributed by atoms with van der Waals surface area (Å²) in [6.45, 7) is 2.02. The second-order valence-electron chi connectivity index (χ2n) is 3.01. The van der Waals surface area contributed by atoms with Crippen molar-refractivity contribution in [1.29, 1.82) is 5.26 Å². The summed E-state index contributed by atoms with van der Waals surface area (Å²) in [5.41, 5.74) is 2.12. The Morgan fingerprint density at radius 2 is 2.00 bits per heavy atom. The van der Waals surface area contributed by atoms with Crippen LogP contribution in [0.5, 0.6) is 0 Å². The smallest absolute Gasteiger partial charge is 0.301 e. The van der Waals surface area contributed by atoms with Crippen molar-refractivity contribution in [2.24, 2.45) is 0 Å². The Kier molecular flexibility index (Phi) is 2.04. The largest absolute Gasteiger partial charge is 0.428 e. The van der Waals surface area contributed by atoms with Gasteiger partial charge in [-0.25, -0.2) is 4.98 Å². The van der Waals surface area contributed by atoms with Crippen LogP contribution < -0.4 is 0 Å². The van der Waals surface area contributed by atoms with Crippen molar-refractivity contribution in [3.63, 3.8) is 0 Å². The van der Waals surface area contributed by atoms with Gasteiger partial charge in [0.2, 0.25) is 0 Å². The standard InChI is InChI=1S/C11H8N2O/c1-8-2-4-9(5-3-8)10-7-13-11(6-12)14-10/h2-5,7H,1H3. The lowest BCUT2D eigenvalue weighted by atomic mass is 10.1. The average molecular weight is 184 g/mol. The van der Waals surface area contributed by atoms with Gasteiger partial charge in [0, 0.05) is 5.56 Å². The van der Waals surface area contributed by atoms with Crippen molar-refractivity contribution in [1.82, 2.24) is 4.98 Å². The number of nitrogens with zero attached hydrogens (tertiary/aromatic N) is 2. The van der Waals surface area contributed by atoms with E-state index in [1.54, 1.807) is 6.20 Å². The molecule has 1 aromatic carbocycles. The average Bonchev–Trinajstić information content (AvgIpc) is 2.67. The van der Waals surface area contributed by atoms with Crippen molar-refractivity contribution in [2.45, 2.75) is 6.92 Å². The van der Waals surface area contributed by atoms with E-state index < -0.39 is 0 Å². The van der Waals surface area contributed by atoms with E-state index in [-0.39, 0.29) is 5.89 Å². The lowest BCUT2D eigenvalue weighted by molar-refractivity contribution is 0.555. The van der Waals surface area contributed by atoms with E-state index >= 15 is 0 Å². The molecule has 0 fully saturated rings. The molecule has 0 radical (unpaired) electrons. The van der Waals surface area contributed by atoms with Crippen molar-refractivity contribution in [3.8, 4) is 17.4 Å². The minimum Gasteiger partial charge on any atom is -0.428 e. The van der Waals surface area contributed by atoms with Gasteiger partial charge in [-0.05, 0) is 6.92 Å². The van der Waals surface area contributed by atoms with E-state index in [4.69, 9.17) is 9.68 Å². The topological polar surface area (TPSA) is 49.8 Å². The highest BCUT2D eigenvalue weighted by Crippen LogP contribution is 2.20. The normalized spacial score (nSPS) is 9.71. The molecule has 1 heterocycles. The first-order valence-electron chi connectivity index (χ1n) is 4.22. The van der Waals surface area contributed by atoms with Gasteiger partial charge in [-0.3, -0.25) is 0 Å². The van der Waals surface area contributed by atoms with E-state index in [1.165, 1.54) is 5.56 Å². The third-order valence-electron chi connectivity index (χ3n) is 1.94. The lowest BCUT2D eigenvalue weighted by Gasteiger charge is -1.95. The third-order valence-corrected chi connectivity index (χ3v) is 1.94. The molecule has 3 heteroatoms. The number of nitriles is 1. The van der Waals surface area contributed by atoms with Crippen molar-refractivity contribution < 1.29 is 4.42 Å². The van der Waals surface area contributed by atoms with Gasteiger partial charge in [0.15, 0.2) is 11.8 Å². The first-order chi connectivity index (χ1) is 6.79. The maximum Gasteiger partial charge on any atom is 0.301 e. The molecule has 68 valence electrons. The molecule has 0 aliphatic rings.